The van der Waals surface area contributed by atoms with E-state index >= 15 is 0 Å². The minimum Gasteiger partial charge on any atom is -0.295 e. The maximum atomic E-state index is 13.6. The molecule has 134 valence electrons. The van der Waals surface area contributed by atoms with Crippen LogP contribution in [0.5, 0.6) is 0 Å². The molecule has 0 atom stereocenters. The molecule has 0 saturated carbocycles. The minimum absolute atomic E-state index is 0.224. The Kier molecular flexibility index (Phi) is 4.81. The number of carbonyl (C=O) groups is 1. The van der Waals surface area contributed by atoms with Crippen LogP contribution >= 0.6 is 11.6 Å². The van der Waals surface area contributed by atoms with Gasteiger partial charge in [-0.05, 0) is 31.2 Å². The highest BCUT2D eigenvalue weighted by Crippen LogP contribution is 2.21. The topological polar surface area (TPSA) is 71.8 Å². The first-order valence-corrected chi connectivity index (χ1v) is 7.64. The number of hydrogen-bond acceptors (Lipinski definition) is 4. The van der Waals surface area contributed by atoms with Crippen LogP contribution in [0.3, 0.4) is 0 Å². The molecule has 3 rings (SSSR count). The number of anilines is 1. The van der Waals surface area contributed by atoms with Crippen molar-refractivity contribution in [2.75, 3.05) is 5.43 Å². The van der Waals surface area contributed by atoms with Gasteiger partial charge in [-0.15, -0.1) is 5.10 Å². The fourth-order valence-corrected chi connectivity index (χ4v) is 2.36. The fourth-order valence-electron chi connectivity index (χ4n) is 2.14. The quantitative estimate of drug-likeness (QED) is 0.536. The summed E-state index contributed by atoms with van der Waals surface area (Å²) in [5, 5.41) is 4.46. The predicted octanol–water partition coefficient (Wildman–Crippen LogP) is 3.40. The summed E-state index contributed by atoms with van der Waals surface area (Å²) in [7, 11) is 0. The Labute approximate surface area is 150 Å². The van der Waals surface area contributed by atoms with E-state index < -0.39 is 29.0 Å². The third kappa shape index (κ3) is 3.33. The van der Waals surface area contributed by atoms with Crippen LogP contribution in [0.15, 0.2) is 36.4 Å². The molecule has 1 heterocycles. The summed E-state index contributed by atoms with van der Waals surface area (Å²) in [6.07, 6.45) is 0. The zero-order valence-corrected chi connectivity index (χ0v) is 14.0. The third-order valence-corrected chi connectivity index (χ3v) is 3.72. The second-order valence-electron chi connectivity index (χ2n) is 5.15. The van der Waals surface area contributed by atoms with Gasteiger partial charge in [-0.3, -0.25) is 15.6 Å². The Balaban J connectivity index is 1.79. The number of benzene rings is 2. The zero-order chi connectivity index (χ0) is 18.8. The Bertz CT molecular complexity index is 992. The van der Waals surface area contributed by atoms with Crippen molar-refractivity contribution < 1.29 is 18.0 Å². The standard InChI is InChI=1S/C16H11ClF3N5O/c1-8-21-15(24-25(8)12-5-3-2-4-9(12)17)16(26)23-22-11-7-6-10(18)13(19)14(11)20/h2-7,22H,1H3,(H,23,26). The highest BCUT2D eigenvalue weighted by Gasteiger charge is 2.18. The summed E-state index contributed by atoms with van der Waals surface area (Å²) in [6, 6.07) is 8.50. The average molecular weight is 382 g/mol. The van der Waals surface area contributed by atoms with Crippen LogP contribution in [0.2, 0.25) is 5.02 Å². The summed E-state index contributed by atoms with van der Waals surface area (Å²) in [5.74, 6) is -5.09. The van der Waals surface area contributed by atoms with Gasteiger partial charge in [-0.2, -0.15) is 0 Å². The summed E-state index contributed by atoms with van der Waals surface area (Å²) < 4.78 is 41.0. The van der Waals surface area contributed by atoms with Crippen LogP contribution < -0.4 is 10.9 Å². The smallest absolute Gasteiger partial charge is 0.295 e. The molecule has 2 aromatic carbocycles. The molecule has 0 aliphatic heterocycles. The number of aromatic nitrogens is 3. The molecular formula is C16H11ClF3N5O. The van der Waals surface area contributed by atoms with E-state index in [9.17, 15) is 18.0 Å². The summed E-state index contributed by atoms with van der Waals surface area (Å²) in [5.41, 5.74) is 4.36. The number of halogens is 4. The number of nitrogens with one attached hydrogen (secondary N) is 2. The number of rotatable bonds is 4. The molecule has 0 aliphatic rings. The average Bonchev–Trinajstić information content (AvgIpc) is 3.01. The lowest BCUT2D eigenvalue weighted by Crippen LogP contribution is -2.31. The van der Waals surface area contributed by atoms with Gasteiger partial charge in [0.2, 0.25) is 5.82 Å². The summed E-state index contributed by atoms with van der Waals surface area (Å²) >= 11 is 6.10. The zero-order valence-electron chi connectivity index (χ0n) is 13.2. The van der Waals surface area contributed by atoms with Gasteiger partial charge in [-0.25, -0.2) is 22.8 Å². The maximum absolute atomic E-state index is 13.6. The second-order valence-corrected chi connectivity index (χ2v) is 5.56. The number of hydrogen-bond donors (Lipinski definition) is 2. The van der Waals surface area contributed by atoms with Crippen LogP contribution in [0.1, 0.15) is 16.4 Å². The number of aryl methyl sites for hydroxylation is 1. The first-order chi connectivity index (χ1) is 12.4. The molecule has 26 heavy (non-hydrogen) atoms. The van der Waals surface area contributed by atoms with Crippen molar-refractivity contribution in [2.45, 2.75) is 6.92 Å². The fraction of sp³-hybridized carbons (Fsp3) is 0.0625. The van der Waals surface area contributed by atoms with Gasteiger partial charge in [0.25, 0.3) is 0 Å². The van der Waals surface area contributed by atoms with Crippen molar-refractivity contribution in [1.29, 1.82) is 0 Å². The van der Waals surface area contributed by atoms with Crippen molar-refractivity contribution in [2.24, 2.45) is 0 Å². The van der Waals surface area contributed by atoms with Crippen molar-refractivity contribution in [3.8, 4) is 5.69 Å². The highest BCUT2D eigenvalue weighted by molar-refractivity contribution is 6.32. The summed E-state index contributed by atoms with van der Waals surface area (Å²) in [4.78, 5) is 16.1. The van der Waals surface area contributed by atoms with Gasteiger partial charge in [0.15, 0.2) is 17.5 Å². The van der Waals surface area contributed by atoms with E-state index in [4.69, 9.17) is 11.6 Å². The van der Waals surface area contributed by atoms with E-state index in [0.29, 0.717) is 16.5 Å². The Morgan fingerprint density at radius 1 is 1.12 bits per heavy atom. The third-order valence-electron chi connectivity index (χ3n) is 3.40. The van der Waals surface area contributed by atoms with E-state index in [0.717, 1.165) is 12.1 Å². The van der Waals surface area contributed by atoms with Gasteiger partial charge in [0.1, 0.15) is 5.82 Å². The van der Waals surface area contributed by atoms with Crippen LogP contribution in [-0.2, 0) is 0 Å². The lowest BCUT2D eigenvalue weighted by molar-refractivity contribution is 0.0952. The normalized spacial score (nSPS) is 10.7. The first kappa shape index (κ1) is 17.7. The second kappa shape index (κ2) is 7.04. The molecule has 2 N–H and O–H groups in total. The van der Waals surface area contributed by atoms with E-state index in [1.54, 1.807) is 31.2 Å². The SMILES string of the molecule is Cc1nc(C(=O)NNc2ccc(F)c(F)c2F)nn1-c1ccccc1Cl. The van der Waals surface area contributed by atoms with Crippen LogP contribution in [0.4, 0.5) is 18.9 Å². The molecule has 1 amide bonds. The van der Waals surface area contributed by atoms with Crippen molar-refractivity contribution in [1.82, 2.24) is 20.2 Å². The molecule has 0 saturated heterocycles. The summed E-state index contributed by atoms with van der Waals surface area (Å²) in [6.45, 7) is 1.62. The largest absolute Gasteiger partial charge is 0.309 e. The predicted molar refractivity (Wildman–Crippen MR) is 88.5 cm³/mol. The Hall–Kier alpha value is -3.07. The molecule has 0 unspecified atom stereocenters. The number of hydrazine groups is 1. The Morgan fingerprint density at radius 3 is 2.58 bits per heavy atom. The van der Waals surface area contributed by atoms with Gasteiger partial charge >= 0.3 is 5.91 Å². The molecule has 6 nitrogen and oxygen atoms in total. The molecule has 3 aromatic rings. The van der Waals surface area contributed by atoms with Gasteiger partial charge in [-0.1, -0.05) is 23.7 Å². The van der Waals surface area contributed by atoms with Crippen LogP contribution in [-0.4, -0.2) is 20.7 Å². The number of nitrogens with zero attached hydrogens (tertiary/aromatic N) is 3. The number of carbonyl (C=O) groups excluding carboxylic acids is 1. The molecule has 1 aromatic heterocycles. The van der Waals surface area contributed by atoms with Crippen molar-refractivity contribution >= 4 is 23.2 Å². The van der Waals surface area contributed by atoms with Gasteiger partial charge in [0.05, 0.1) is 16.4 Å². The van der Waals surface area contributed by atoms with E-state index in [-0.39, 0.29) is 5.82 Å². The maximum Gasteiger partial charge on any atom is 0.309 e. The highest BCUT2D eigenvalue weighted by atomic mass is 35.5. The van der Waals surface area contributed by atoms with Crippen LogP contribution in [0.25, 0.3) is 5.69 Å². The molecule has 0 radical (unpaired) electrons. The first-order valence-electron chi connectivity index (χ1n) is 7.27. The van der Waals surface area contributed by atoms with E-state index in [1.165, 1.54) is 4.68 Å². The molecule has 0 bridgehead atoms. The molecular weight excluding hydrogens is 371 g/mol. The van der Waals surface area contributed by atoms with Gasteiger partial charge in [0, 0.05) is 0 Å². The Morgan fingerprint density at radius 2 is 1.85 bits per heavy atom. The van der Waals surface area contributed by atoms with Gasteiger partial charge < -0.3 is 0 Å². The lowest BCUT2D eigenvalue weighted by Gasteiger charge is -2.08. The number of amides is 1. The van der Waals surface area contributed by atoms with Crippen molar-refractivity contribution in [3.63, 3.8) is 0 Å². The van der Waals surface area contributed by atoms with Crippen LogP contribution in [0, 0.1) is 24.4 Å². The molecule has 0 aliphatic carbocycles. The van der Waals surface area contributed by atoms with E-state index in [2.05, 4.69) is 20.9 Å². The minimum atomic E-state index is -1.65. The van der Waals surface area contributed by atoms with Crippen molar-refractivity contribution in [3.05, 3.63) is 70.5 Å². The molecule has 0 fully saturated rings. The molecule has 10 heteroatoms. The number of para-hydroxylation sites is 1. The lowest BCUT2D eigenvalue weighted by atomic mass is 10.3. The molecule has 0 spiro atoms. The monoisotopic (exact) mass is 381 g/mol. The van der Waals surface area contributed by atoms with E-state index in [1.807, 2.05) is 0 Å².